The molecule has 0 saturated carbocycles. The number of pyridine rings is 1. The molecule has 1 aliphatic heterocycles. The van der Waals surface area contributed by atoms with Crippen LogP contribution in [0.15, 0.2) is 60.3 Å². The number of likely N-dealkylation sites (tertiary alicyclic amines) is 1. The Hall–Kier alpha value is -2.46. The molecule has 0 spiro atoms. The quantitative estimate of drug-likeness (QED) is 0.841. The Labute approximate surface area is 162 Å². The first-order chi connectivity index (χ1) is 13.1. The lowest BCUT2D eigenvalue weighted by atomic mass is 9.87. The zero-order valence-electron chi connectivity index (χ0n) is 16.3. The van der Waals surface area contributed by atoms with Crippen molar-refractivity contribution in [2.45, 2.75) is 32.7 Å². The summed E-state index contributed by atoms with van der Waals surface area (Å²) >= 11 is 0. The molecule has 4 nitrogen and oxygen atoms in total. The largest absolute Gasteiger partial charge is 0.348 e. The number of hydrogen-bond acceptors (Lipinski definition) is 3. The fraction of sp³-hybridized carbons (Fsp3) is 0.391. The highest BCUT2D eigenvalue weighted by Crippen LogP contribution is 2.30. The second kappa shape index (κ2) is 9.47. The van der Waals surface area contributed by atoms with Crippen molar-refractivity contribution in [3.8, 4) is 0 Å². The number of nitrogens with one attached hydrogen (secondary N) is 1. The maximum atomic E-state index is 11.7. The van der Waals surface area contributed by atoms with Crippen LogP contribution in [0, 0.1) is 5.92 Å². The Balaban J connectivity index is 1.58. The van der Waals surface area contributed by atoms with Crippen molar-refractivity contribution >= 4 is 12.0 Å². The summed E-state index contributed by atoms with van der Waals surface area (Å²) < 4.78 is 0. The van der Waals surface area contributed by atoms with E-state index >= 15 is 0 Å². The fourth-order valence-corrected chi connectivity index (χ4v) is 3.89. The lowest BCUT2D eigenvalue weighted by molar-refractivity contribution is -0.120. The Morgan fingerprint density at radius 1 is 1.15 bits per heavy atom. The second-order valence-corrected chi connectivity index (χ2v) is 7.45. The highest BCUT2D eigenvalue weighted by Gasteiger charge is 2.29. The lowest BCUT2D eigenvalue weighted by Crippen LogP contribution is -2.41. The Kier molecular flexibility index (Phi) is 6.77. The zero-order chi connectivity index (χ0) is 19.1. The molecule has 1 fully saturated rings. The summed E-state index contributed by atoms with van der Waals surface area (Å²) in [4.78, 5) is 18.7. The molecule has 0 aliphatic carbocycles. The van der Waals surface area contributed by atoms with E-state index in [1.165, 1.54) is 11.1 Å². The van der Waals surface area contributed by atoms with Crippen molar-refractivity contribution in [1.29, 1.82) is 0 Å². The highest BCUT2D eigenvalue weighted by atomic mass is 16.1. The van der Waals surface area contributed by atoms with Crippen LogP contribution in [0.3, 0.4) is 0 Å². The normalized spacial score (nSPS) is 17.5. The molecule has 1 unspecified atom stereocenters. The molecule has 1 saturated heterocycles. The number of nitrogens with zero attached hydrogens (tertiary/aromatic N) is 2. The SMILES string of the molecule is CC(=O)NC(c1ccccn1)C1CCN(C/C(C)=C/c2ccccc2)CC1. The van der Waals surface area contributed by atoms with Gasteiger partial charge in [0.2, 0.25) is 5.91 Å². The molecule has 142 valence electrons. The van der Waals surface area contributed by atoms with Crippen LogP contribution in [0.4, 0.5) is 0 Å². The van der Waals surface area contributed by atoms with Crippen molar-refractivity contribution in [1.82, 2.24) is 15.2 Å². The molecule has 4 heteroatoms. The number of benzene rings is 1. The predicted molar refractivity (Wildman–Crippen MR) is 110 cm³/mol. The van der Waals surface area contributed by atoms with Crippen molar-refractivity contribution in [3.63, 3.8) is 0 Å². The molecule has 1 aromatic heterocycles. The maximum absolute atomic E-state index is 11.7. The van der Waals surface area contributed by atoms with Crippen LogP contribution >= 0.6 is 0 Å². The van der Waals surface area contributed by atoms with Crippen LogP contribution in [0.1, 0.15) is 44.0 Å². The van der Waals surface area contributed by atoms with Crippen LogP contribution in [0.2, 0.25) is 0 Å². The van der Waals surface area contributed by atoms with Gasteiger partial charge in [-0.25, -0.2) is 0 Å². The van der Waals surface area contributed by atoms with E-state index in [0.717, 1.165) is 38.2 Å². The molecule has 3 rings (SSSR count). The van der Waals surface area contributed by atoms with Crippen LogP contribution in [-0.4, -0.2) is 35.4 Å². The number of carbonyl (C=O) groups excluding carboxylic acids is 1. The van der Waals surface area contributed by atoms with Gasteiger partial charge < -0.3 is 5.32 Å². The van der Waals surface area contributed by atoms with Crippen LogP contribution in [0.25, 0.3) is 6.08 Å². The van der Waals surface area contributed by atoms with Crippen LogP contribution in [0.5, 0.6) is 0 Å². The predicted octanol–water partition coefficient (Wildman–Crippen LogP) is 4.07. The van der Waals surface area contributed by atoms with Gasteiger partial charge in [0, 0.05) is 19.7 Å². The standard InChI is InChI=1S/C23H29N3O/c1-18(16-20-8-4-3-5-9-20)17-26-14-11-21(12-15-26)23(25-19(2)27)22-10-6-7-13-24-22/h3-10,13,16,21,23H,11-12,14-15,17H2,1-2H3,(H,25,27)/b18-16+. The molecular weight excluding hydrogens is 334 g/mol. The summed E-state index contributed by atoms with van der Waals surface area (Å²) in [6.45, 7) is 6.88. The third kappa shape index (κ3) is 5.76. The van der Waals surface area contributed by atoms with E-state index in [1.54, 1.807) is 13.1 Å². The first-order valence-corrected chi connectivity index (χ1v) is 9.74. The van der Waals surface area contributed by atoms with Gasteiger partial charge in [-0.1, -0.05) is 48.0 Å². The smallest absolute Gasteiger partial charge is 0.217 e. The highest BCUT2D eigenvalue weighted by molar-refractivity contribution is 5.73. The number of hydrogen-bond donors (Lipinski definition) is 1. The Bertz CT molecular complexity index is 750. The number of aromatic nitrogens is 1. The lowest BCUT2D eigenvalue weighted by Gasteiger charge is -2.36. The van der Waals surface area contributed by atoms with E-state index in [1.807, 2.05) is 24.3 Å². The van der Waals surface area contributed by atoms with Gasteiger partial charge in [0.25, 0.3) is 0 Å². The van der Waals surface area contributed by atoms with Crippen molar-refractivity contribution in [3.05, 3.63) is 71.6 Å². The van der Waals surface area contributed by atoms with E-state index < -0.39 is 0 Å². The van der Waals surface area contributed by atoms with E-state index in [4.69, 9.17) is 0 Å². The van der Waals surface area contributed by atoms with Crippen molar-refractivity contribution in [2.75, 3.05) is 19.6 Å². The van der Waals surface area contributed by atoms with Crippen LogP contribution < -0.4 is 5.32 Å². The molecule has 0 bridgehead atoms. The number of amides is 1. The van der Waals surface area contributed by atoms with Crippen molar-refractivity contribution in [2.24, 2.45) is 5.92 Å². The molecule has 27 heavy (non-hydrogen) atoms. The van der Waals surface area contributed by atoms with Gasteiger partial charge in [-0.15, -0.1) is 0 Å². The molecule has 2 heterocycles. The van der Waals surface area contributed by atoms with Crippen LogP contribution in [-0.2, 0) is 4.79 Å². The summed E-state index contributed by atoms with van der Waals surface area (Å²) in [6, 6.07) is 16.4. The van der Waals surface area contributed by atoms with Gasteiger partial charge in [-0.3, -0.25) is 14.7 Å². The van der Waals surface area contributed by atoms with Crippen molar-refractivity contribution < 1.29 is 4.79 Å². The minimum atomic E-state index is 0.00630. The summed E-state index contributed by atoms with van der Waals surface area (Å²) in [5, 5.41) is 3.12. The average Bonchev–Trinajstić information content (AvgIpc) is 2.68. The molecule has 1 N–H and O–H groups in total. The van der Waals surface area contributed by atoms with E-state index in [-0.39, 0.29) is 11.9 Å². The van der Waals surface area contributed by atoms with Gasteiger partial charge in [-0.2, -0.15) is 0 Å². The first-order valence-electron chi connectivity index (χ1n) is 9.74. The summed E-state index contributed by atoms with van der Waals surface area (Å²) in [5.41, 5.74) is 3.60. The molecule has 1 aliphatic rings. The molecule has 0 radical (unpaired) electrons. The van der Waals surface area contributed by atoms with Gasteiger partial charge >= 0.3 is 0 Å². The third-order valence-electron chi connectivity index (χ3n) is 5.15. The minimum absolute atomic E-state index is 0.00630. The monoisotopic (exact) mass is 363 g/mol. The van der Waals surface area contributed by atoms with Gasteiger partial charge in [0.15, 0.2) is 0 Å². The molecule has 1 amide bonds. The second-order valence-electron chi connectivity index (χ2n) is 7.45. The Morgan fingerprint density at radius 3 is 2.48 bits per heavy atom. The molecule has 2 aromatic rings. The molecule has 1 aromatic carbocycles. The number of carbonyl (C=O) groups is 1. The van der Waals surface area contributed by atoms with E-state index in [9.17, 15) is 4.79 Å². The zero-order valence-corrected chi connectivity index (χ0v) is 16.3. The minimum Gasteiger partial charge on any atom is -0.348 e. The van der Waals surface area contributed by atoms with Gasteiger partial charge in [-0.05, 0) is 56.5 Å². The number of rotatable bonds is 6. The average molecular weight is 364 g/mol. The maximum Gasteiger partial charge on any atom is 0.217 e. The van der Waals surface area contributed by atoms with Gasteiger partial charge in [0.1, 0.15) is 0 Å². The van der Waals surface area contributed by atoms with E-state index in [2.05, 4.69) is 52.5 Å². The summed E-state index contributed by atoms with van der Waals surface area (Å²) in [6.07, 6.45) is 6.21. The first kappa shape index (κ1) is 19.3. The Morgan fingerprint density at radius 2 is 1.85 bits per heavy atom. The fourth-order valence-electron chi connectivity index (χ4n) is 3.89. The van der Waals surface area contributed by atoms with Gasteiger partial charge in [0.05, 0.1) is 11.7 Å². The number of piperidine rings is 1. The molecular formula is C23H29N3O. The summed E-state index contributed by atoms with van der Waals surface area (Å²) in [5.74, 6) is 0.438. The summed E-state index contributed by atoms with van der Waals surface area (Å²) in [7, 11) is 0. The van der Waals surface area contributed by atoms with E-state index in [0.29, 0.717) is 5.92 Å². The topological polar surface area (TPSA) is 45.2 Å². The third-order valence-corrected chi connectivity index (χ3v) is 5.15. The molecule has 1 atom stereocenters.